The Labute approximate surface area is 99.5 Å². The van der Waals surface area contributed by atoms with Gasteiger partial charge < -0.3 is 10.1 Å². The Kier molecular flexibility index (Phi) is 4.22. The summed E-state index contributed by atoms with van der Waals surface area (Å²) in [5.74, 6) is 0. The molecule has 3 heteroatoms. The fourth-order valence-corrected chi connectivity index (χ4v) is 3.30. The summed E-state index contributed by atoms with van der Waals surface area (Å²) in [5, 5.41) is 3.40. The van der Waals surface area contributed by atoms with Gasteiger partial charge in [-0.05, 0) is 53.1 Å². The van der Waals surface area contributed by atoms with Crippen LogP contribution in [0.1, 0.15) is 39.0 Å². The number of hydrogen-bond donors (Lipinski definition) is 1. The highest BCUT2D eigenvalue weighted by molar-refractivity contribution is 4.88. The SMILES string of the molecule is CNC1CCC(N(C)C2CCOC2C)CC1. The third kappa shape index (κ3) is 2.58. The van der Waals surface area contributed by atoms with Crippen molar-refractivity contribution in [2.75, 3.05) is 20.7 Å². The number of rotatable bonds is 3. The first-order valence-corrected chi connectivity index (χ1v) is 6.73. The van der Waals surface area contributed by atoms with Crippen molar-refractivity contribution in [1.29, 1.82) is 0 Å². The molecule has 1 aliphatic heterocycles. The van der Waals surface area contributed by atoms with Crippen LogP contribution < -0.4 is 5.32 Å². The van der Waals surface area contributed by atoms with Crippen molar-refractivity contribution in [3.05, 3.63) is 0 Å². The lowest BCUT2D eigenvalue weighted by molar-refractivity contribution is 0.0561. The smallest absolute Gasteiger partial charge is 0.0703 e. The zero-order valence-electron chi connectivity index (χ0n) is 10.9. The average molecular weight is 226 g/mol. The minimum absolute atomic E-state index is 0.423. The van der Waals surface area contributed by atoms with Gasteiger partial charge in [0.15, 0.2) is 0 Å². The molecule has 1 aliphatic carbocycles. The van der Waals surface area contributed by atoms with Gasteiger partial charge in [-0.25, -0.2) is 0 Å². The van der Waals surface area contributed by atoms with Gasteiger partial charge in [0.05, 0.1) is 6.10 Å². The van der Waals surface area contributed by atoms with Crippen LogP contribution in [-0.2, 0) is 4.74 Å². The minimum atomic E-state index is 0.423. The molecule has 0 aromatic carbocycles. The molecule has 1 saturated heterocycles. The van der Waals surface area contributed by atoms with E-state index in [1.807, 2.05) is 0 Å². The Balaban J connectivity index is 1.83. The van der Waals surface area contributed by atoms with Crippen LogP contribution in [0.15, 0.2) is 0 Å². The van der Waals surface area contributed by atoms with E-state index in [4.69, 9.17) is 4.74 Å². The molecular formula is C13H26N2O. The molecule has 0 amide bonds. The monoisotopic (exact) mass is 226 g/mol. The van der Waals surface area contributed by atoms with E-state index < -0.39 is 0 Å². The molecular weight excluding hydrogens is 200 g/mol. The van der Waals surface area contributed by atoms with E-state index in [1.165, 1.54) is 32.1 Å². The van der Waals surface area contributed by atoms with Gasteiger partial charge in [-0.2, -0.15) is 0 Å². The molecule has 0 radical (unpaired) electrons. The summed E-state index contributed by atoms with van der Waals surface area (Å²) in [6.45, 7) is 3.16. The molecule has 0 aromatic heterocycles. The quantitative estimate of drug-likeness (QED) is 0.791. The third-order valence-electron chi connectivity index (χ3n) is 4.54. The Bertz CT molecular complexity index is 214. The van der Waals surface area contributed by atoms with Crippen LogP contribution in [-0.4, -0.2) is 49.8 Å². The predicted octanol–water partition coefficient (Wildman–Crippen LogP) is 1.63. The second-order valence-electron chi connectivity index (χ2n) is 5.39. The Hall–Kier alpha value is -0.120. The molecule has 16 heavy (non-hydrogen) atoms. The minimum Gasteiger partial charge on any atom is -0.377 e. The maximum atomic E-state index is 5.67. The van der Waals surface area contributed by atoms with Gasteiger partial charge in [-0.15, -0.1) is 0 Å². The number of ether oxygens (including phenoxy) is 1. The topological polar surface area (TPSA) is 24.5 Å². The summed E-state index contributed by atoms with van der Waals surface area (Å²) >= 11 is 0. The molecule has 2 unspecified atom stereocenters. The van der Waals surface area contributed by atoms with Crippen LogP contribution in [0.5, 0.6) is 0 Å². The summed E-state index contributed by atoms with van der Waals surface area (Å²) in [4.78, 5) is 2.59. The molecule has 1 N–H and O–H groups in total. The van der Waals surface area contributed by atoms with Gasteiger partial charge in [-0.3, -0.25) is 4.90 Å². The van der Waals surface area contributed by atoms with E-state index in [0.29, 0.717) is 12.1 Å². The van der Waals surface area contributed by atoms with Crippen LogP contribution in [0, 0.1) is 0 Å². The average Bonchev–Trinajstić information content (AvgIpc) is 2.75. The number of nitrogens with one attached hydrogen (secondary N) is 1. The van der Waals surface area contributed by atoms with Crippen molar-refractivity contribution in [2.24, 2.45) is 0 Å². The largest absolute Gasteiger partial charge is 0.377 e. The van der Waals surface area contributed by atoms with E-state index in [9.17, 15) is 0 Å². The summed E-state index contributed by atoms with van der Waals surface area (Å²) in [5.41, 5.74) is 0. The fraction of sp³-hybridized carbons (Fsp3) is 1.00. The van der Waals surface area contributed by atoms with Crippen molar-refractivity contribution in [1.82, 2.24) is 10.2 Å². The van der Waals surface area contributed by atoms with Gasteiger partial charge >= 0.3 is 0 Å². The van der Waals surface area contributed by atoms with Crippen molar-refractivity contribution >= 4 is 0 Å². The molecule has 2 rings (SSSR count). The maximum Gasteiger partial charge on any atom is 0.0703 e. The lowest BCUT2D eigenvalue weighted by Crippen LogP contribution is -2.46. The first-order valence-electron chi connectivity index (χ1n) is 6.73. The fourth-order valence-electron chi connectivity index (χ4n) is 3.30. The Morgan fingerprint density at radius 1 is 1.12 bits per heavy atom. The van der Waals surface area contributed by atoms with Gasteiger partial charge in [0.25, 0.3) is 0 Å². The van der Waals surface area contributed by atoms with E-state index in [-0.39, 0.29) is 0 Å². The summed E-state index contributed by atoms with van der Waals surface area (Å²) in [7, 11) is 4.38. The van der Waals surface area contributed by atoms with Crippen LogP contribution >= 0.6 is 0 Å². The molecule has 2 aliphatic rings. The zero-order chi connectivity index (χ0) is 11.5. The zero-order valence-corrected chi connectivity index (χ0v) is 10.9. The van der Waals surface area contributed by atoms with E-state index in [0.717, 1.165) is 18.7 Å². The second kappa shape index (κ2) is 5.48. The highest BCUT2D eigenvalue weighted by Gasteiger charge is 2.33. The van der Waals surface area contributed by atoms with E-state index >= 15 is 0 Å². The molecule has 1 saturated carbocycles. The van der Waals surface area contributed by atoms with Crippen molar-refractivity contribution in [3.63, 3.8) is 0 Å². The van der Waals surface area contributed by atoms with Crippen molar-refractivity contribution in [2.45, 2.75) is 63.3 Å². The van der Waals surface area contributed by atoms with Gasteiger partial charge in [0.1, 0.15) is 0 Å². The van der Waals surface area contributed by atoms with Gasteiger partial charge in [0.2, 0.25) is 0 Å². The van der Waals surface area contributed by atoms with Crippen molar-refractivity contribution in [3.8, 4) is 0 Å². The highest BCUT2D eigenvalue weighted by Crippen LogP contribution is 2.27. The lowest BCUT2D eigenvalue weighted by Gasteiger charge is -2.38. The Morgan fingerprint density at radius 3 is 2.31 bits per heavy atom. The third-order valence-corrected chi connectivity index (χ3v) is 4.54. The lowest BCUT2D eigenvalue weighted by atomic mass is 9.89. The Morgan fingerprint density at radius 2 is 1.81 bits per heavy atom. The predicted molar refractivity (Wildman–Crippen MR) is 66.7 cm³/mol. The molecule has 0 bridgehead atoms. The number of nitrogens with zero attached hydrogens (tertiary/aromatic N) is 1. The molecule has 0 spiro atoms. The number of hydrogen-bond acceptors (Lipinski definition) is 3. The van der Waals surface area contributed by atoms with Gasteiger partial charge in [-0.1, -0.05) is 0 Å². The molecule has 1 heterocycles. The maximum absolute atomic E-state index is 5.67. The summed E-state index contributed by atoms with van der Waals surface area (Å²) < 4.78 is 5.67. The van der Waals surface area contributed by atoms with Crippen LogP contribution in [0.3, 0.4) is 0 Å². The van der Waals surface area contributed by atoms with E-state index in [1.54, 1.807) is 0 Å². The summed E-state index contributed by atoms with van der Waals surface area (Å²) in [6, 6.07) is 2.18. The number of likely N-dealkylation sites (N-methyl/N-ethyl adjacent to an activating group) is 1. The summed E-state index contributed by atoms with van der Waals surface area (Å²) in [6.07, 6.45) is 6.97. The standard InChI is InChI=1S/C13H26N2O/c1-10-13(8-9-16-10)15(3)12-6-4-11(14-2)5-7-12/h10-14H,4-9H2,1-3H3. The van der Waals surface area contributed by atoms with Crippen LogP contribution in [0.2, 0.25) is 0 Å². The second-order valence-corrected chi connectivity index (χ2v) is 5.39. The van der Waals surface area contributed by atoms with Crippen LogP contribution in [0.25, 0.3) is 0 Å². The molecule has 0 aromatic rings. The molecule has 2 atom stereocenters. The normalized spacial score (nSPS) is 40.5. The first-order chi connectivity index (χ1) is 7.72. The van der Waals surface area contributed by atoms with Crippen LogP contribution in [0.4, 0.5) is 0 Å². The molecule has 2 fully saturated rings. The van der Waals surface area contributed by atoms with Gasteiger partial charge in [0, 0.05) is 24.7 Å². The molecule has 94 valence electrons. The molecule has 3 nitrogen and oxygen atoms in total. The first kappa shape index (κ1) is 12.3. The highest BCUT2D eigenvalue weighted by atomic mass is 16.5. The van der Waals surface area contributed by atoms with E-state index in [2.05, 4.69) is 31.2 Å². The van der Waals surface area contributed by atoms with Crippen molar-refractivity contribution < 1.29 is 4.74 Å².